The molecule has 2 rings (SSSR count). The van der Waals surface area contributed by atoms with Gasteiger partial charge in [-0.15, -0.1) is 0 Å². The second kappa shape index (κ2) is 6.20. The SMILES string of the molecule is CNc1ncnc(N2CCSC(C)(C)CC2)c1C(C)C. The third-order valence-corrected chi connectivity index (χ3v) is 5.19. The average Bonchev–Trinajstić information content (AvgIpc) is 2.58. The number of thioether (sulfide) groups is 1. The molecule has 0 aromatic carbocycles. The molecule has 0 amide bonds. The molecule has 0 bridgehead atoms. The Hall–Kier alpha value is -0.970. The summed E-state index contributed by atoms with van der Waals surface area (Å²) in [7, 11) is 1.93. The normalized spacial score (nSPS) is 19.0. The summed E-state index contributed by atoms with van der Waals surface area (Å²) in [6, 6.07) is 0. The van der Waals surface area contributed by atoms with Gasteiger partial charge in [-0.25, -0.2) is 9.97 Å². The minimum absolute atomic E-state index is 0.367. The van der Waals surface area contributed by atoms with Crippen molar-refractivity contribution < 1.29 is 0 Å². The van der Waals surface area contributed by atoms with Crippen LogP contribution >= 0.6 is 11.8 Å². The Kier molecular flexibility index (Phi) is 4.78. The zero-order chi connectivity index (χ0) is 14.8. The summed E-state index contributed by atoms with van der Waals surface area (Å²) >= 11 is 2.06. The van der Waals surface area contributed by atoms with Crippen LogP contribution in [0, 0.1) is 0 Å². The van der Waals surface area contributed by atoms with Crippen molar-refractivity contribution in [3.63, 3.8) is 0 Å². The van der Waals surface area contributed by atoms with Gasteiger partial charge in [0.1, 0.15) is 18.0 Å². The lowest BCUT2D eigenvalue weighted by molar-refractivity contribution is 0.632. The first kappa shape index (κ1) is 15.4. The minimum atomic E-state index is 0.367. The maximum Gasteiger partial charge on any atom is 0.137 e. The fourth-order valence-electron chi connectivity index (χ4n) is 2.60. The van der Waals surface area contributed by atoms with E-state index in [0.717, 1.165) is 30.5 Å². The average molecular weight is 294 g/mol. The van der Waals surface area contributed by atoms with Crippen molar-refractivity contribution in [2.24, 2.45) is 0 Å². The molecule has 1 aromatic rings. The first-order valence-electron chi connectivity index (χ1n) is 7.36. The monoisotopic (exact) mass is 294 g/mol. The second-order valence-corrected chi connectivity index (χ2v) is 8.01. The number of nitrogens with zero attached hydrogens (tertiary/aromatic N) is 3. The molecular weight excluding hydrogens is 268 g/mol. The van der Waals surface area contributed by atoms with E-state index in [1.54, 1.807) is 6.33 Å². The van der Waals surface area contributed by atoms with E-state index in [1.807, 2.05) is 7.05 Å². The lowest BCUT2D eigenvalue weighted by Gasteiger charge is -2.27. The van der Waals surface area contributed by atoms with Crippen LogP contribution in [0.4, 0.5) is 11.6 Å². The van der Waals surface area contributed by atoms with Gasteiger partial charge in [-0.2, -0.15) is 11.8 Å². The summed E-state index contributed by atoms with van der Waals surface area (Å²) in [5.74, 6) is 3.64. The summed E-state index contributed by atoms with van der Waals surface area (Å²) in [5.41, 5.74) is 1.24. The molecule has 0 unspecified atom stereocenters. The molecule has 0 saturated carbocycles. The molecule has 1 aliphatic heterocycles. The smallest absolute Gasteiger partial charge is 0.137 e. The molecule has 0 aliphatic carbocycles. The largest absolute Gasteiger partial charge is 0.373 e. The maximum atomic E-state index is 4.59. The highest BCUT2D eigenvalue weighted by atomic mass is 32.2. The summed E-state index contributed by atoms with van der Waals surface area (Å²) in [6.07, 6.45) is 2.87. The zero-order valence-electron chi connectivity index (χ0n) is 13.2. The highest BCUT2D eigenvalue weighted by Crippen LogP contribution is 2.35. The molecule has 112 valence electrons. The van der Waals surface area contributed by atoms with Crippen molar-refractivity contribution in [3.8, 4) is 0 Å². The Morgan fingerprint density at radius 3 is 2.70 bits per heavy atom. The first-order valence-corrected chi connectivity index (χ1v) is 8.35. The number of anilines is 2. The number of hydrogen-bond donors (Lipinski definition) is 1. The van der Waals surface area contributed by atoms with Crippen LogP contribution in [0.15, 0.2) is 6.33 Å². The third-order valence-electron chi connectivity index (χ3n) is 3.81. The summed E-state index contributed by atoms with van der Waals surface area (Å²) in [6.45, 7) is 11.2. The number of nitrogens with one attached hydrogen (secondary N) is 1. The standard InChI is InChI=1S/C15H26N4S/c1-11(2)12-13(16-5)17-10-18-14(12)19-7-6-15(3,4)20-9-8-19/h10-11H,6-9H2,1-5H3,(H,16,17,18). The van der Waals surface area contributed by atoms with Gasteiger partial charge < -0.3 is 10.2 Å². The summed E-state index contributed by atoms with van der Waals surface area (Å²) < 4.78 is 0.367. The van der Waals surface area contributed by atoms with Crippen molar-refractivity contribution in [1.29, 1.82) is 0 Å². The van der Waals surface area contributed by atoms with Gasteiger partial charge in [0.15, 0.2) is 0 Å². The van der Waals surface area contributed by atoms with Gasteiger partial charge in [-0.1, -0.05) is 27.7 Å². The first-order chi connectivity index (χ1) is 9.44. The van der Waals surface area contributed by atoms with Crippen LogP contribution in [0.2, 0.25) is 0 Å². The third kappa shape index (κ3) is 3.37. The van der Waals surface area contributed by atoms with Crippen molar-refractivity contribution in [2.75, 3.05) is 36.1 Å². The predicted molar refractivity (Wildman–Crippen MR) is 89.0 cm³/mol. The molecule has 0 atom stereocenters. The van der Waals surface area contributed by atoms with Crippen molar-refractivity contribution in [1.82, 2.24) is 9.97 Å². The molecule has 1 aromatic heterocycles. The van der Waals surface area contributed by atoms with E-state index in [1.165, 1.54) is 12.0 Å². The molecule has 1 N–H and O–H groups in total. The van der Waals surface area contributed by atoms with Gasteiger partial charge in [0.25, 0.3) is 0 Å². The minimum Gasteiger partial charge on any atom is -0.373 e. The fourth-order valence-corrected chi connectivity index (χ4v) is 3.70. The van der Waals surface area contributed by atoms with Crippen LogP contribution in [0.1, 0.15) is 45.6 Å². The van der Waals surface area contributed by atoms with Gasteiger partial charge in [0.2, 0.25) is 0 Å². The van der Waals surface area contributed by atoms with Gasteiger partial charge in [-0.3, -0.25) is 0 Å². The van der Waals surface area contributed by atoms with E-state index in [-0.39, 0.29) is 0 Å². The lowest BCUT2D eigenvalue weighted by atomic mass is 10.0. The highest BCUT2D eigenvalue weighted by molar-refractivity contribution is 8.00. The Balaban J connectivity index is 2.32. The van der Waals surface area contributed by atoms with Crippen LogP contribution in [0.5, 0.6) is 0 Å². The highest BCUT2D eigenvalue weighted by Gasteiger charge is 2.26. The lowest BCUT2D eigenvalue weighted by Crippen LogP contribution is -2.29. The van der Waals surface area contributed by atoms with Crippen molar-refractivity contribution >= 4 is 23.4 Å². The summed E-state index contributed by atoms with van der Waals surface area (Å²) in [4.78, 5) is 11.4. The molecule has 0 spiro atoms. The van der Waals surface area contributed by atoms with Gasteiger partial charge in [-0.05, 0) is 12.3 Å². The van der Waals surface area contributed by atoms with E-state index < -0.39 is 0 Å². The Morgan fingerprint density at radius 1 is 1.30 bits per heavy atom. The molecule has 1 saturated heterocycles. The molecule has 20 heavy (non-hydrogen) atoms. The van der Waals surface area contributed by atoms with Gasteiger partial charge >= 0.3 is 0 Å². The number of rotatable bonds is 3. The van der Waals surface area contributed by atoms with Crippen LogP contribution in [0.3, 0.4) is 0 Å². The predicted octanol–water partition coefficient (Wildman–Crippen LogP) is 3.36. The number of aromatic nitrogens is 2. The Labute approximate surface area is 126 Å². The van der Waals surface area contributed by atoms with E-state index in [2.05, 4.69) is 59.6 Å². The zero-order valence-corrected chi connectivity index (χ0v) is 14.0. The topological polar surface area (TPSA) is 41.1 Å². The van der Waals surface area contributed by atoms with Gasteiger partial charge in [0, 0.05) is 36.2 Å². The van der Waals surface area contributed by atoms with Crippen LogP contribution < -0.4 is 10.2 Å². The van der Waals surface area contributed by atoms with Crippen LogP contribution in [-0.2, 0) is 0 Å². The summed E-state index contributed by atoms with van der Waals surface area (Å²) in [5, 5.41) is 3.21. The number of hydrogen-bond acceptors (Lipinski definition) is 5. The van der Waals surface area contributed by atoms with Crippen LogP contribution in [0.25, 0.3) is 0 Å². The quantitative estimate of drug-likeness (QED) is 0.925. The molecule has 0 radical (unpaired) electrons. The van der Waals surface area contributed by atoms with Crippen molar-refractivity contribution in [3.05, 3.63) is 11.9 Å². The maximum absolute atomic E-state index is 4.59. The molecule has 1 fully saturated rings. The van der Waals surface area contributed by atoms with E-state index in [9.17, 15) is 0 Å². The Morgan fingerprint density at radius 2 is 2.05 bits per heavy atom. The molecule has 2 heterocycles. The second-order valence-electron chi connectivity index (χ2n) is 6.21. The molecule has 4 nitrogen and oxygen atoms in total. The van der Waals surface area contributed by atoms with Crippen molar-refractivity contribution in [2.45, 2.75) is 44.8 Å². The molecular formula is C15H26N4S. The fraction of sp³-hybridized carbons (Fsp3) is 0.733. The van der Waals surface area contributed by atoms with E-state index in [0.29, 0.717) is 10.7 Å². The van der Waals surface area contributed by atoms with Crippen LogP contribution in [-0.4, -0.2) is 40.6 Å². The van der Waals surface area contributed by atoms with Gasteiger partial charge in [0.05, 0.1) is 0 Å². The van der Waals surface area contributed by atoms with E-state index >= 15 is 0 Å². The van der Waals surface area contributed by atoms with E-state index in [4.69, 9.17) is 0 Å². The Bertz CT molecular complexity index is 459. The molecule has 5 heteroatoms. The molecule has 1 aliphatic rings.